The van der Waals surface area contributed by atoms with Gasteiger partial charge in [-0.2, -0.15) is 0 Å². The predicted octanol–water partition coefficient (Wildman–Crippen LogP) is 14.7. The van der Waals surface area contributed by atoms with Gasteiger partial charge in [-0.3, -0.25) is 0 Å². The van der Waals surface area contributed by atoms with Crippen LogP contribution in [0.4, 0.5) is 0 Å². The van der Waals surface area contributed by atoms with Gasteiger partial charge < -0.3 is 8.83 Å². The van der Waals surface area contributed by atoms with Crippen molar-refractivity contribution in [2.45, 2.75) is 0 Å². The molecule has 0 aliphatic rings. The topological polar surface area (TPSA) is 77.8 Å². The molecule has 8 aromatic carbocycles. The van der Waals surface area contributed by atoms with Crippen molar-refractivity contribution in [1.29, 1.82) is 0 Å². The number of hydrogen-bond acceptors (Lipinski definition) is 6. The predicted molar refractivity (Wildman–Crippen MR) is 250 cm³/mol. The number of rotatable bonds is 7. The molecule has 6 nitrogen and oxygen atoms in total. The molecule has 0 saturated heterocycles. The van der Waals surface area contributed by atoms with Crippen LogP contribution in [0.3, 0.4) is 0 Å². The summed E-state index contributed by atoms with van der Waals surface area (Å²) in [5.74, 6) is 1.27. The average molecular weight is 795 g/mol. The van der Waals surface area contributed by atoms with Crippen LogP contribution in [0.5, 0.6) is 0 Å². The summed E-state index contributed by atoms with van der Waals surface area (Å²) in [6.45, 7) is 0. The van der Waals surface area contributed by atoms with Gasteiger partial charge in [0.1, 0.15) is 33.6 Å². The van der Waals surface area contributed by atoms with Crippen molar-refractivity contribution in [2.24, 2.45) is 0 Å². The lowest BCUT2D eigenvalue weighted by Gasteiger charge is -2.11. The molecule has 12 aromatic rings. The van der Waals surface area contributed by atoms with E-state index in [0.29, 0.717) is 22.8 Å². The first-order chi connectivity index (χ1) is 30.7. The average Bonchev–Trinajstić information content (AvgIpc) is 3.93. The minimum absolute atomic E-state index is 0.634. The highest BCUT2D eigenvalue weighted by Gasteiger charge is 2.21. The summed E-state index contributed by atoms with van der Waals surface area (Å²) in [7, 11) is 0. The van der Waals surface area contributed by atoms with E-state index >= 15 is 0 Å². The fraction of sp³-hybridized carbons (Fsp3) is 0. The fourth-order valence-corrected chi connectivity index (χ4v) is 8.41. The molecule has 4 aromatic heterocycles. The van der Waals surface area contributed by atoms with E-state index in [1.165, 1.54) is 0 Å². The van der Waals surface area contributed by atoms with E-state index < -0.39 is 0 Å². The van der Waals surface area contributed by atoms with Gasteiger partial charge in [-0.15, -0.1) is 0 Å². The van der Waals surface area contributed by atoms with E-state index in [9.17, 15) is 0 Å². The maximum Gasteiger partial charge on any atom is 0.180 e. The second kappa shape index (κ2) is 14.7. The molecule has 290 valence electrons. The van der Waals surface area contributed by atoms with E-state index in [1.807, 2.05) is 48.5 Å². The molecule has 4 heterocycles. The molecule has 62 heavy (non-hydrogen) atoms. The van der Waals surface area contributed by atoms with E-state index in [2.05, 4.69) is 158 Å². The molecule has 0 bridgehead atoms. The molecule has 12 rings (SSSR count). The van der Waals surface area contributed by atoms with Gasteiger partial charge in [-0.1, -0.05) is 170 Å². The second-order valence-electron chi connectivity index (χ2n) is 15.4. The lowest BCUT2D eigenvalue weighted by atomic mass is 9.98. The molecule has 0 spiro atoms. The number of para-hydroxylation sites is 2. The number of hydrogen-bond donors (Lipinski definition) is 0. The quantitative estimate of drug-likeness (QED) is 0.160. The Morgan fingerprint density at radius 3 is 1.03 bits per heavy atom. The van der Waals surface area contributed by atoms with E-state index in [-0.39, 0.29) is 0 Å². The molecule has 0 radical (unpaired) electrons. The monoisotopic (exact) mass is 794 g/mol. The maximum atomic E-state index is 6.52. The van der Waals surface area contributed by atoms with E-state index in [0.717, 1.165) is 100.0 Å². The van der Waals surface area contributed by atoms with Crippen LogP contribution < -0.4 is 0 Å². The van der Waals surface area contributed by atoms with Crippen molar-refractivity contribution in [1.82, 2.24) is 19.9 Å². The van der Waals surface area contributed by atoms with Crippen molar-refractivity contribution in [3.63, 3.8) is 0 Å². The van der Waals surface area contributed by atoms with Gasteiger partial charge in [0.05, 0.1) is 0 Å². The second-order valence-corrected chi connectivity index (χ2v) is 15.4. The number of fused-ring (bicyclic) bond motifs is 6. The van der Waals surface area contributed by atoms with Gasteiger partial charge in [0.25, 0.3) is 0 Å². The van der Waals surface area contributed by atoms with Gasteiger partial charge in [-0.05, 0) is 69.8 Å². The Bertz CT molecular complexity index is 3370. The highest BCUT2D eigenvalue weighted by molar-refractivity contribution is 6.08. The summed E-state index contributed by atoms with van der Waals surface area (Å²) in [6.07, 6.45) is 0. The van der Waals surface area contributed by atoms with Crippen molar-refractivity contribution in [3.8, 4) is 78.7 Å². The maximum absolute atomic E-state index is 6.52. The molecule has 0 aliphatic heterocycles. The largest absolute Gasteiger partial charge is 0.452 e. The Hall–Kier alpha value is -8.48. The van der Waals surface area contributed by atoms with Gasteiger partial charge in [0, 0.05) is 33.0 Å². The van der Waals surface area contributed by atoms with Gasteiger partial charge in [0.2, 0.25) is 0 Å². The highest BCUT2D eigenvalue weighted by atomic mass is 16.3. The summed E-state index contributed by atoms with van der Waals surface area (Å²) in [4.78, 5) is 20.7. The van der Waals surface area contributed by atoms with Crippen LogP contribution >= 0.6 is 0 Å². The summed E-state index contributed by atoms with van der Waals surface area (Å²) in [5.41, 5.74) is 16.2. The first kappa shape index (κ1) is 35.5. The molecule has 0 amide bonds. The summed E-state index contributed by atoms with van der Waals surface area (Å²) in [6, 6.07) is 70.6. The summed E-state index contributed by atoms with van der Waals surface area (Å²) < 4.78 is 13.0. The molecule has 6 heteroatoms. The minimum Gasteiger partial charge on any atom is -0.452 e. The first-order valence-electron chi connectivity index (χ1n) is 20.6. The third-order valence-corrected chi connectivity index (χ3v) is 11.5. The molecular weight excluding hydrogens is 761 g/mol. The molecule has 0 unspecified atom stereocenters. The molecule has 0 N–H and O–H groups in total. The zero-order valence-corrected chi connectivity index (χ0v) is 33.2. The Balaban J connectivity index is 0.965. The Labute approximate surface area is 356 Å². The smallest absolute Gasteiger partial charge is 0.180 e. The van der Waals surface area contributed by atoms with Crippen molar-refractivity contribution < 1.29 is 8.83 Å². The Morgan fingerprint density at radius 1 is 0.258 bits per heavy atom. The third kappa shape index (κ3) is 6.21. The van der Waals surface area contributed by atoms with Gasteiger partial charge in [0.15, 0.2) is 22.8 Å². The van der Waals surface area contributed by atoms with E-state index in [1.54, 1.807) is 0 Å². The third-order valence-electron chi connectivity index (χ3n) is 11.5. The Morgan fingerprint density at radius 2 is 0.597 bits per heavy atom. The highest BCUT2D eigenvalue weighted by Crippen LogP contribution is 2.40. The van der Waals surface area contributed by atoms with Crippen LogP contribution in [-0.2, 0) is 0 Å². The van der Waals surface area contributed by atoms with Crippen LogP contribution in [0.15, 0.2) is 215 Å². The normalized spacial score (nSPS) is 11.5. The first-order valence-corrected chi connectivity index (χ1v) is 20.6. The number of furan rings is 2. The van der Waals surface area contributed by atoms with Crippen molar-refractivity contribution >= 4 is 44.1 Å². The molecule has 0 fully saturated rings. The summed E-state index contributed by atoms with van der Waals surface area (Å²) >= 11 is 0. The standard InChI is InChI=1S/C56H34N4O2/c1-3-13-35(14-4-1)37-25-29-39(30-26-37)55-57-49(53-51(59-55)45-21-7-9-23-47(45)61-53)43-19-11-17-41(33-43)42-18-12-20-44(34-42)50-54-52(46-22-8-10-24-48(46)62-54)60-56(58-50)40-31-27-38(28-32-40)36-15-5-2-6-16-36/h1-34H. The van der Waals surface area contributed by atoms with Crippen molar-refractivity contribution in [3.05, 3.63) is 206 Å². The van der Waals surface area contributed by atoms with Crippen LogP contribution in [0.2, 0.25) is 0 Å². The molecule has 0 atom stereocenters. The zero-order chi connectivity index (χ0) is 41.0. The minimum atomic E-state index is 0.634. The van der Waals surface area contributed by atoms with Crippen LogP contribution in [0.25, 0.3) is 123 Å². The molecule has 0 saturated carbocycles. The lowest BCUT2D eigenvalue weighted by Crippen LogP contribution is -1.95. The molecular formula is C56H34N4O2. The van der Waals surface area contributed by atoms with Crippen molar-refractivity contribution in [2.75, 3.05) is 0 Å². The Kier molecular flexibility index (Phi) is 8.38. The lowest BCUT2D eigenvalue weighted by molar-refractivity contribution is 0.667. The number of nitrogens with zero attached hydrogens (tertiary/aromatic N) is 4. The summed E-state index contributed by atoms with van der Waals surface area (Å²) in [5, 5.41) is 1.90. The SMILES string of the molecule is c1ccc(-c2ccc(-c3nc(-c4cccc(-c5cccc(-c6nc(-c7ccc(-c8ccccc8)cc7)nc7c6oc6ccccc67)c5)c4)c4oc5ccccc5c4n3)cc2)cc1. The van der Waals surface area contributed by atoms with Gasteiger partial charge in [-0.25, -0.2) is 19.9 Å². The van der Waals surface area contributed by atoms with Gasteiger partial charge >= 0.3 is 0 Å². The number of benzene rings is 8. The van der Waals surface area contributed by atoms with E-state index in [4.69, 9.17) is 28.8 Å². The fourth-order valence-electron chi connectivity index (χ4n) is 8.41. The van der Waals surface area contributed by atoms with Crippen LogP contribution in [-0.4, -0.2) is 19.9 Å². The van der Waals surface area contributed by atoms with Crippen LogP contribution in [0.1, 0.15) is 0 Å². The zero-order valence-electron chi connectivity index (χ0n) is 33.2. The number of aromatic nitrogens is 4. The van der Waals surface area contributed by atoms with Crippen LogP contribution in [0, 0.1) is 0 Å². The molecule has 0 aliphatic carbocycles.